The van der Waals surface area contributed by atoms with Crippen molar-refractivity contribution in [3.05, 3.63) is 11.7 Å². The summed E-state index contributed by atoms with van der Waals surface area (Å²) in [5, 5.41) is 7.52. The third-order valence-corrected chi connectivity index (χ3v) is 3.78. The lowest BCUT2D eigenvalue weighted by molar-refractivity contribution is 0.0773. The van der Waals surface area contributed by atoms with E-state index in [2.05, 4.69) is 22.4 Å². The molecule has 17 heavy (non-hydrogen) atoms. The zero-order valence-electron chi connectivity index (χ0n) is 10.2. The smallest absolute Gasteiger partial charge is 0.244 e. The van der Waals surface area contributed by atoms with Gasteiger partial charge in [-0.15, -0.1) is 0 Å². The van der Waals surface area contributed by atoms with Crippen molar-refractivity contribution >= 4 is 0 Å². The molecule has 0 saturated carbocycles. The van der Waals surface area contributed by atoms with Crippen LogP contribution in [-0.2, 0) is 4.74 Å². The van der Waals surface area contributed by atoms with Crippen LogP contribution >= 0.6 is 0 Å². The van der Waals surface area contributed by atoms with Crippen LogP contribution in [0, 0.1) is 5.92 Å². The van der Waals surface area contributed by atoms with E-state index in [-0.39, 0.29) is 6.04 Å². The minimum absolute atomic E-state index is 0.237. The van der Waals surface area contributed by atoms with Crippen molar-refractivity contribution in [3.8, 4) is 0 Å². The van der Waals surface area contributed by atoms with Gasteiger partial charge in [0.15, 0.2) is 5.82 Å². The number of hydrogen-bond acceptors (Lipinski definition) is 5. The third-order valence-electron chi connectivity index (χ3n) is 3.78. The number of nitrogens with one attached hydrogen (secondary N) is 1. The number of aromatic nitrogens is 2. The minimum atomic E-state index is 0.237. The Hall–Kier alpha value is -0.940. The summed E-state index contributed by atoms with van der Waals surface area (Å²) in [4.78, 5) is 4.55. The van der Waals surface area contributed by atoms with Crippen molar-refractivity contribution in [2.24, 2.45) is 5.92 Å². The highest BCUT2D eigenvalue weighted by molar-refractivity contribution is 5.02. The minimum Gasteiger partial charge on any atom is -0.381 e. The van der Waals surface area contributed by atoms with E-state index in [0.717, 1.165) is 44.3 Å². The predicted octanol–water partition coefficient (Wildman–Crippen LogP) is 1.63. The molecule has 0 spiro atoms. The van der Waals surface area contributed by atoms with Gasteiger partial charge in [-0.05, 0) is 31.7 Å². The standard InChI is InChI=1S/C12H19N3O2/c1-8-4-5-13-10(8)12-14-11(15-17-12)9-3-2-6-16-7-9/h8-10,13H,2-7H2,1H3. The second-order valence-corrected chi connectivity index (χ2v) is 5.10. The van der Waals surface area contributed by atoms with Crippen LogP contribution in [0.5, 0.6) is 0 Å². The summed E-state index contributed by atoms with van der Waals surface area (Å²) in [6.45, 7) is 4.85. The highest BCUT2D eigenvalue weighted by Crippen LogP contribution is 2.30. The SMILES string of the molecule is CC1CCNC1c1nc(C2CCCOC2)no1. The van der Waals surface area contributed by atoms with Crippen molar-refractivity contribution in [1.29, 1.82) is 0 Å². The number of rotatable bonds is 2. The fraction of sp³-hybridized carbons (Fsp3) is 0.833. The maximum atomic E-state index is 5.46. The molecule has 1 N–H and O–H groups in total. The van der Waals surface area contributed by atoms with Crippen LogP contribution in [0.3, 0.4) is 0 Å². The van der Waals surface area contributed by atoms with E-state index in [1.54, 1.807) is 0 Å². The van der Waals surface area contributed by atoms with Gasteiger partial charge in [0, 0.05) is 12.5 Å². The number of nitrogens with zero attached hydrogens (tertiary/aromatic N) is 2. The van der Waals surface area contributed by atoms with Crippen LogP contribution in [-0.4, -0.2) is 29.9 Å². The van der Waals surface area contributed by atoms with Crippen LogP contribution in [0.25, 0.3) is 0 Å². The lowest BCUT2D eigenvalue weighted by atomic mass is 10.0. The van der Waals surface area contributed by atoms with Gasteiger partial charge in [-0.1, -0.05) is 12.1 Å². The van der Waals surface area contributed by atoms with Crippen LogP contribution in [0.2, 0.25) is 0 Å². The topological polar surface area (TPSA) is 60.2 Å². The molecule has 1 aromatic heterocycles. The molecule has 0 amide bonds. The molecule has 0 radical (unpaired) electrons. The summed E-state index contributed by atoms with van der Waals surface area (Å²) in [6, 6.07) is 0.237. The lowest BCUT2D eigenvalue weighted by Crippen LogP contribution is -2.18. The molecule has 2 aliphatic rings. The van der Waals surface area contributed by atoms with E-state index < -0.39 is 0 Å². The molecular formula is C12H19N3O2. The Balaban J connectivity index is 1.73. The fourth-order valence-corrected chi connectivity index (χ4v) is 2.65. The maximum Gasteiger partial charge on any atom is 0.244 e. The van der Waals surface area contributed by atoms with Gasteiger partial charge in [-0.25, -0.2) is 0 Å². The maximum absolute atomic E-state index is 5.46. The highest BCUT2D eigenvalue weighted by atomic mass is 16.5. The summed E-state index contributed by atoms with van der Waals surface area (Å²) < 4.78 is 10.8. The van der Waals surface area contributed by atoms with Gasteiger partial charge >= 0.3 is 0 Å². The third kappa shape index (κ3) is 2.21. The molecular weight excluding hydrogens is 218 g/mol. The molecule has 3 unspecified atom stereocenters. The van der Waals surface area contributed by atoms with E-state index in [1.165, 1.54) is 6.42 Å². The Morgan fingerprint density at radius 1 is 1.35 bits per heavy atom. The van der Waals surface area contributed by atoms with Gasteiger partial charge in [0.25, 0.3) is 0 Å². The molecule has 0 aromatic carbocycles. The summed E-state index contributed by atoms with van der Waals surface area (Å²) >= 11 is 0. The van der Waals surface area contributed by atoms with Gasteiger partial charge < -0.3 is 14.6 Å². The van der Waals surface area contributed by atoms with E-state index in [4.69, 9.17) is 9.26 Å². The van der Waals surface area contributed by atoms with E-state index in [9.17, 15) is 0 Å². The van der Waals surface area contributed by atoms with Gasteiger partial charge in [0.05, 0.1) is 12.6 Å². The summed E-state index contributed by atoms with van der Waals surface area (Å²) in [6.07, 6.45) is 3.37. The molecule has 94 valence electrons. The van der Waals surface area contributed by atoms with Crippen molar-refractivity contribution in [1.82, 2.24) is 15.5 Å². The van der Waals surface area contributed by atoms with Crippen LogP contribution < -0.4 is 5.32 Å². The molecule has 0 bridgehead atoms. The molecule has 1 aromatic rings. The first-order chi connectivity index (χ1) is 8.34. The van der Waals surface area contributed by atoms with E-state index in [0.29, 0.717) is 11.8 Å². The second-order valence-electron chi connectivity index (χ2n) is 5.10. The first kappa shape index (κ1) is 11.2. The van der Waals surface area contributed by atoms with Crippen LogP contribution in [0.15, 0.2) is 4.52 Å². The van der Waals surface area contributed by atoms with Crippen LogP contribution in [0.4, 0.5) is 0 Å². The Bertz CT molecular complexity index is 374. The summed E-state index contributed by atoms with van der Waals surface area (Å²) in [5.74, 6) is 2.46. The highest BCUT2D eigenvalue weighted by Gasteiger charge is 2.30. The largest absolute Gasteiger partial charge is 0.381 e. The first-order valence-electron chi connectivity index (χ1n) is 6.49. The molecule has 3 rings (SSSR count). The zero-order valence-corrected chi connectivity index (χ0v) is 10.2. The van der Waals surface area contributed by atoms with Crippen molar-refractivity contribution in [2.45, 2.75) is 38.1 Å². The van der Waals surface area contributed by atoms with Crippen LogP contribution in [0.1, 0.15) is 49.9 Å². The zero-order chi connectivity index (χ0) is 11.7. The molecule has 2 aliphatic heterocycles. The molecule has 2 saturated heterocycles. The fourth-order valence-electron chi connectivity index (χ4n) is 2.65. The molecule has 3 atom stereocenters. The average molecular weight is 237 g/mol. The Morgan fingerprint density at radius 3 is 3.00 bits per heavy atom. The lowest BCUT2D eigenvalue weighted by Gasteiger charge is -2.18. The predicted molar refractivity (Wildman–Crippen MR) is 61.6 cm³/mol. The Morgan fingerprint density at radius 2 is 2.29 bits per heavy atom. The molecule has 2 fully saturated rings. The Kier molecular flexibility index (Phi) is 3.11. The molecule has 0 aliphatic carbocycles. The summed E-state index contributed by atoms with van der Waals surface area (Å²) in [7, 11) is 0. The summed E-state index contributed by atoms with van der Waals surface area (Å²) in [5.41, 5.74) is 0. The van der Waals surface area contributed by atoms with Crippen molar-refractivity contribution < 1.29 is 9.26 Å². The average Bonchev–Trinajstić information content (AvgIpc) is 2.98. The van der Waals surface area contributed by atoms with Gasteiger partial charge in [0.2, 0.25) is 5.89 Å². The number of ether oxygens (including phenoxy) is 1. The van der Waals surface area contributed by atoms with Gasteiger partial charge in [-0.2, -0.15) is 4.98 Å². The molecule has 5 heteroatoms. The van der Waals surface area contributed by atoms with Gasteiger partial charge in [-0.3, -0.25) is 0 Å². The van der Waals surface area contributed by atoms with E-state index >= 15 is 0 Å². The quantitative estimate of drug-likeness (QED) is 0.847. The van der Waals surface area contributed by atoms with Crippen molar-refractivity contribution in [2.75, 3.05) is 19.8 Å². The Labute approximate surface area is 101 Å². The first-order valence-corrected chi connectivity index (χ1v) is 6.49. The number of hydrogen-bond donors (Lipinski definition) is 1. The van der Waals surface area contributed by atoms with E-state index in [1.807, 2.05) is 0 Å². The normalized spacial score (nSPS) is 34.1. The molecule has 5 nitrogen and oxygen atoms in total. The van der Waals surface area contributed by atoms with Crippen molar-refractivity contribution in [3.63, 3.8) is 0 Å². The van der Waals surface area contributed by atoms with Gasteiger partial charge in [0.1, 0.15) is 0 Å². The second kappa shape index (κ2) is 4.74. The monoisotopic (exact) mass is 237 g/mol. The molecule has 3 heterocycles.